The van der Waals surface area contributed by atoms with Gasteiger partial charge in [-0.3, -0.25) is 4.98 Å². The number of hydrogen-bond acceptors (Lipinski definition) is 4. The maximum atomic E-state index is 14.5. The molecular weight excluding hydrogens is 415 g/mol. The van der Waals surface area contributed by atoms with E-state index >= 15 is 0 Å². The smallest absolute Gasteiger partial charge is 0.407 e. The van der Waals surface area contributed by atoms with Gasteiger partial charge in [0.2, 0.25) is 0 Å². The second-order valence-corrected chi connectivity index (χ2v) is 6.99. The fourth-order valence-corrected chi connectivity index (χ4v) is 3.58. The van der Waals surface area contributed by atoms with Crippen molar-refractivity contribution >= 4 is 50.2 Å². The number of carboxylic acid groups (broad SMARTS) is 1. The van der Waals surface area contributed by atoms with E-state index in [9.17, 15) is 14.4 Å². The summed E-state index contributed by atoms with van der Waals surface area (Å²) >= 11 is 9.19. The topological polar surface area (TPSA) is 80.5 Å². The first-order valence-corrected chi connectivity index (χ1v) is 8.63. The Hall–Kier alpha value is -2.11. The van der Waals surface area contributed by atoms with Crippen LogP contribution in [0.25, 0.3) is 10.9 Å². The van der Waals surface area contributed by atoms with Gasteiger partial charge in [0.15, 0.2) is 5.82 Å². The normalized spacial score (nSPS) is 17.6. The van der Waals surface area contributed by atoms with Crippen molar-refractivity contribution in [2.24, 2.45) is 0 Å². The third kappa shape index (κ3) is 2.98. The second-order valence-electron chi connectivity index (χ2n) is 5.79. The molecule has 0 bridgehead atoms. The Morgan fingerprint density at radius 3 is 2.88 bits per heavy atom. The first kappa shape index (κ1) is 17.7. The summed E-state index contributed by atoms with van der Waals surface area (Å²) in [6.45, 7) is 2.83. The quantitative estimate of drug-likeness (QED) is 0.699. The lowest BCUT2D eigenvalue weighted by Crippen LogP contribution is -2.53. The molecule has 2 heterocycles. The standard InChI is InChI=1S/C16H13BrClFN4O2/c1-8-7-22(16(24)25)2-3-23(8)15-9(5-20)6-21-14-10(15)4-11(18)12(17)13(14)19/h4,6,8H,2-3,7H2,1H3,(H,24,25)/t8-/m0/s1. The molecule has 1 aromatic heterocycles. The number of rotatable bonds is 1. The van der Waals surface area contributed by atoms with E-state index in [2.05, 4.69) is 27.0 Å². The molecule has 25 heavy (non-hydrogen) atoms. The minimum Gasteiger partial charge on any atom is -0.465 e. The molecule has 0 saturated carbocycles. The van der Waals surface area contributed by atoms with Gasteiger partial charge in [-0.2, -0.15) is 5.26 Å². The van der Waals surface area contributed by atoms with Gasteiger partial charge in [-0.05, 0) is 28.9 Å². The SMILES string of the molecule is C[C@H]1CN(C(=O)O)CCN1c1c(C#N)cnc2c(F)c(Br)c(Cl)cc12. The second kappa shape index (κ2) is 6.65. The molecule has 0 unspecified atom stereocenters. The Kier molecular flexibility index (Phi) is 4.71. The highest BCUT2D eigenvalue weighted by Crippen LogP contribution is 2.38. The van der Waals surface area contributed by atoms with Crippen LogP contribution in [0.4, 0.5) is 14.9 Å². The molecule has 1 aromatic carbocycles. The number of nitriles is 1. The van der Waals surface area contributed by atoms with Crippen molar-refractivity contribution in [1.82, 2.24) is 9.88 Å². The fraction of sp³-hybridized carbons (Fsp3) is 0.312. The van der Waals surface area contributed by atoms with E-state index in [1.54, 1.807) is 6.07 Å². The molecule has 1 amide bonds. The lowest BCUT2D eigenvalue weighted by atomic mass is 10.0. The highest BCUT2D eigenvalue weighted by Gasteiger charge is 2.30. The highest BCUT2D eigenvalue weighted by atomic mass is 79.9. The van der Waals surface area contributed by atoms with Gasteiger partial charge < -0.3 is 14.9 Å². The molecule has 0 radical (unpaired) electrons. The van der Waals surface area contributed by atoms with Crippen molar-refractivity contribution in [1.29, 1.82) is 5.26 Å². The van der Waals surface area contributed by atoms with Crippen molar-refractivity contribution < 1.29 is 14.3 Å². The first-order valence-electron chi connectivity index (χ1n) is 7.46. The lowest BCUT2D eigenvalue weighted by Gasteiger charge is -2.40. The molecular formula is C16H13BrClFN4O2. The number of carbonyl (C=O) groups is 1. The summed E-state index contributed by atoms with van der Waals surface area (Å²) in [6.07, 6.45) is 0.349. The van der Waals surface area contributed by atoms with Gasteiger partial charge >= 0.3 is 6.09 Å². The minimum atomic E-state index is -0.982. The average Bonchev–Trinajstić information content (AvgIpc) is 2.59. The van der Waals surface area contributed by atoms with Crippen LogP contribution in [0.2, 0.25) is 5.02 Å². The summed E-state index contributed by atoms with van der Waals surface area (Å²) in [4.78, 5) is 18.5. The van der Waals surface area contributed by atoms with E-state index in [-0.39, 0.29) is 27.6 Å². The molecule has 2 aromatic rings. The zero-order chi connectivity index (χ0) is 18.3. The van der Waals surface area contributed by atoms with Gasteiger partial charge in [0.25, 0.3) is 0 Å². The van der Waals surface area contributed by atoms with Gasteiger partial charge in [-0.1, -0.05) is 11.6 Å². The number of halogens is 3. The summed E-state index contributed by atoms with van der Waals surface area (Å²) in [5.74, 6) is -0.593. The van der Waals surface area contributed by atoms with E-state index in [1.807, 2.05) is 11.8 Å². The summed E-state index contributed by atoms with van der Waals surface area (Å²) in [6, 6.07) is 3.47. The van der Waals surface area contributed by atoms with E-state index in [1.165, 1.54) is 11.1 Å². The van der Waals surface area contributed by atoms with E-state index in [0.717, 1.165) is 0 Å². The Morgan fingerprint density at radius 2 is 2.28 bits per heavy atom. The van der Waals surface area contributed by atoms with Crippen molar-refractivity contribution in [3.63, 3.8) is 0 Å². The monoisotopic (exact) mass is 426 g/mol. The molecule has 9 heteroatoms. The molecule has 6 nitrogen and oxygen atoms in total. The predicted octanol–water partition coefficient (Wildman–Crippen LogP) is 3.85. The van der Waals surface area contributed by atoms with Crippen LogP contribution < -0.4 is 4.90 Å². The maximum Gasteiger partial charge on any atom is 0.407 e. The maximum absolute atomic E-state index is 14.5. The van der Waals surface area contributed by atoms with Gasteiger partial charge in [-0.15, -0.1) is 0 Å². The Bertz CT molecular complexity index is 917. The molecule has 1 N–H and O–H groups in total. The molecule has 130 valence electrons. The van der Waals surface area contributed by atoms with Gasteiger partial charge in [0.05, 0.1) is 20.7 Å². The van der Waals surface area contributed by atoms with Crippen LogP contribution in [0.3, 0.4) is 0 Å². The van der Waals surface area contributed by atoms with Crippen LogP contribution in [0.1, 0.15) is 12.5 Å². The molecule has 0 aliphatic carbocycles. The van der Waals surface area contributed by atoms with Crippen LogP contribution in [0.5, 0.6) is 0 Å². The highest BCUT2D eigenvalue weighted by molar-refractivity contribution is 9.10. The van der Waals surface area contributed by atoms with E-state index in [0.29, 0.717) is 29.7 Å². The molecule has 0 spiro atoms. The Morgan fingerprint density at radius 1 is 1.56 bits per heavy atom. The van der Waals surface area contributed by atoms with Gasteiger partial charge in [-0.25, -0.2) is 9.18 Å². The van der Waals surface area contributed by atoms with Crippen LogP contribution in [0, 0.1) is 17.1 Å². The van der Waals surface area contributed by atoms with Gasteiger partial charge in [0.1, 0.15) is 11.6 Å². The zero-order valence-electron chi connectivity index (χ0n) is 13.1. The number of piperazine rings is 1. The van der Waals surface area contributed by atoms with E-state index in [4.69, 9.17) is 16.7 Å². The van der Waals surface area contributed by atoms with Crippen molar-refractivity contribution in [2.45, 2.75) is 13.0 Å². The molecule has 1 atom stereocenters. The van der Waals surface area contributed by atoms with Crippen LogP contribution in [-0.4, -0.2) is 46.8 Å². The third-order valence-electron chi connectivity index (χ3n) is 4.28. The van der Waals surface area contributed by atoms with Gasteiger partial charge in [0, 0.05) is 37.3 Å². The van der Waals surface area contributed by atoms with Crippen molar-refractivity contribution in [3.8, 4) is 6.07 Å². The Labute approximate surface area is 156 Å². The number of amides is 1. The van der Waals surface area contributed by atoms with Crippen LogP contribution in [0.15, 0.2) is 16.7 Å². The molecule has 1 aliphatic rings. The minimum absolute atomic E-state index is 0.109. The summed E-state index contributed by atoms with van der Waals surface area (Å²) in [5, 5.41) is 19.2. The average molecular weight is 428 g/mol. The van der Waals surface area contributed by atoms with Crippen molar-refractivity contribution in [2.75, 3.05) is 24.5 Å². The number of hydrogen-bond donors (Lipinski definition) is 1. The summed E-state index contributed by atoms with van der Waals surface area (Å²) in [5.41, 5.74) is 0.928. The van der Waals surface area contributed by atoms with Crippen LogP contribution in [-0.2, 0) is 0 Å². The first-order chi connectivity index (χ1) is 11.8. The summed E-state index contributed by atoms with van der Waals surface area (Å²) in [7, 11) is 0. The largest absolute Gasteiger partial charge is 0.465 e. The number of aromatic nitrogens is 1. The summed E-state index contributed by atoms with van der Waals surface area (Å²) < 4.78 is 14.6. The number of nitrogens with zero attached hydrogens (tertiary/aromatic N) is 4. The third-order valence-corrected chi connectivity index (χ3v) is 5.58. The molecule has 1 aliphatic heterocycles. The zero-order valence-corrected chi connectivity index (χ0v) is 15.5. The molecule has 1 saturated heterocycles. The molecule has 3 rings (SSSR count). The number of anilines is 1. The lowest BCUT2D eigenvalue weighted by molar-refractivity contribution is 0.136. The number of benzene rings is 1. The number of pyridine rings is 1. The van der Waals surface area contributed by atoms with E-state index < -0.39 is 11.9 Å². The van der Waals surface area contributed by atoms with Crippen LogP contribution >= 0.6 is 27.5 Å². The Balaban J connectivity index is 2.18. The number of fused-ring (bicyclic) bond motifs is 1. The molecule has 1 fully saturated rings. The fourth-order valence-electron chi connectivity index (χ4n) is 3.08. The predicted molar refractivity (Wildman–Crippen MR) is 95.5 cm³/mol. The van der Waals surface area contributed by atoms with Crippen molar-refractivity contribution in [3.05, 3.63) is 33.1 Å².